The van der Waals surface area contributed by atoms with E-state index < -0.39 is 10.0 Å². The highest BCUT2D eigenvalue weighted by Crippen LogP contribution is 2.28. The molecule has 9 heteroatoms. The molecule has 0 bridgehead atoms. The first-order valence-electron chi connectivity index (χ1n) is 8.40. The minimum Gasteiger partial charge on any atom is -0.495 e. The van der Waals surface area contributed by atoms with Gasteiger partial charge in [0, 0.05) is 14.1 Å². The summed E-state index contributed by atoms with van der Waals surface area (Å²) >= 11 is 1.68. The van der Waals surface area contributed by atoms with Crippen LogP contribution in [0, 0.1) is 6.92 Å². The number of quaternary nitrogens is 1. The van der Waals surface area contributed by atoms with Crippen LogP contribution in [-0.2, 0) is 21.4 Å². The minimum atomic E-state index is -3.60. The lowest BCUT2D eigenvalue weighted by atomic mass is 10.2. The number of thiophene rings is 1. The van der Waals surface area contributed by atoms with Gasteiger partial charge in [-0.25, -0.2) is 12.7 Å². The van der Waals surface area contributed by atoms with Gasteiger partial charge in [-0.3, -0.25) is 4.79 Å². The van der Waals surface area contributed by atoms with Crippen LogP contribution < -0.4 is 15.0 Å². The van der Waals surface area contributed by atoms with Crippen molar-refractivity contribution in [1.82, 2.24) is 4.31 Å². The van der Waals surface area contributed by atoms with E-state index in [0.717, 1.165) is 15.7 Å². The van der Waals surface area contributed by atoms with Crippen LogP contribution >= 0.6 is 11.3 Å². The number of sulfonamides is 1. The summed E-state index contributed by atoms with van der Waals surface area (Å²) in [5, 5.41) is 4.81. The van der Waals surface area contributed by atoms with Gasteiger partial charge < -0.3 is 15.0 Å². The van der Waals surface area contributed by atoms with Gasteiger partial charge in [0.25, 0.3) is 5.91 Å². The van der Waals surface area contributed by atoms with Gasteiger partial charge >= 0.3 is 0 Å². The fraction of sp³-hybridized carbons (Fsp3) is 0.389. The van der Waals surface area contributed by atoms with Crippen molar-refractivity contribution >= 4 is 33.0 Å². The van der Waals surface area contributed by atoms with E-state index in [-0.39, 0.29) is 17.3 Å². The lowest BCUT2D eigenvalue weighted by Crippen LogP contribution is -3.08. The number of methoxy groups -OCH3 is 1. The highest BCUT2D eigenvalue weighted by atomic mass is 32.2. The van der Waals surface area contributed by atoms with Gasteiger partial charge in [0.05, 0.1) is 29.6 Å². The number of hydrogen-bond donors (Lipinski definition) is 2. The number of nitrogens with one attached hydrogen (secondary N) is 2. The highest BCUT2D eigenvalue weighted by molar-refractivity contribution is 7.89. The molecule has 0 aliphatic heterocycles. The van der Waals surface area contributed by atoms with Crippen LogP contribution in [0.4, 0.5) is 5.69 Å². The number of rotatable bonds is 8. The Kier molecular flexibility index (Phi) is 6.99. The van der Waals surface area contributed by atoms with Crippen molar-refractivity contribution in [3.63, 3.8) is 0 Å². The molecule has 2 aromatic rings. The molecule has 0 fully saturated rings. The molecular weight excluding hydrogens is 386 g/mol. The van der Waals surface area contributed by atoms with Gasteiger partial charge in [-0.1, -0.05) is 0 Å². The predicted octanol–water partition coefficient (Wildman–Crippen LogP) is 0.969. The molecule has 7 nitrogen and oxygen atoms in total. The van der Waals surface area contributed by atoms with Crippen molar-refractivity contribution in [3.05, 3.63) is 40.1 Å². The summed E-state index contributed by atoms with van der Waals surface area (Å²) in [6.07, 6.45) is 0. The molecule has 148 valence electrons. The number of likely N-dealkylation sites (N-methyl/N-ethyl adjacent to an activating group) is 1. The van der Waals surface area contributed by atoms with Crippen molar-refractivity contribution in [2.24, 2.45) is 0 Å². The molecule has 0 aliphatic carbocycles. The van der Waals surface area contributed by atoms with Crippen LogP contribution in [-0.4, -0.2) is 53.4 Å². The van der Waals surface area contributed by atoms with Crippen LogP contribution in [0.5, 0.6) is 5.75 Å². The minimum absolute atomic E-state index is 0.0958. The van der Waals surface area contributed by atoms with Crippen molar-refractivity contribution in [2.75, 3.05) is 40.1 Å². The monoisotopic (exact) mass is 412 g/mol. The Labute approximate surface area is 164 Å². The third-order valence-electron chi connectivity index (χ3n) is 4.12. The quantitative estimate of drug-likeness (QED) is 0.677. The SMILES string of the molecule is COc1ccc(S(=O)(=O)N(C)C)cc1NC(=O)C[NH+](C)Cc1sccc1C. The molecule has 2 N–H and O–H groups in total. The van der Waals surface area contributed by atoms with Gasteiger partial charge in [0.2, 0.25) is 10.0 Å². The molecule has 0 spiro atoms. The summed E-state index contributed by atoms with van der Waals surface area (Å²) in [6.45, 7) is 3.06. The molecule has 1 aromatic heterocycles. The lowest BCUT2D eigenvalue weighted by Gasteiger charge is -2.16. The number of carbonyl (C=O) groups excluding carboxylic acids is 1. The Morgan fingerprint density at radius 2 is 2.00 bits per heavy atom. The fourth-order valence-electron chi connectivity index (χ4n) is 2.55. The lowest BCUT2D eigenvalue weighted by molar-refractivity contribution is -0.884. The van der Waals surface area contributed by atoms with Crippen molar-refractivity contribution < 1.29 is 22.8 Å². The van der Waals surface area contributed by atoms with Gasteiger partial charge in [-0.15, -0.1) is 11.3 Å². The van der Waals surface area contributed by atoms with Crippen LogP contribution in [0.2, 0.25) is 0 Å². The number of nitrogens with zero attached hydrogens (tertiary/aromatic N) is 1. The van der Waals surface area contributed by atoms with E-state index in [4.69, 9.17) is 4.74 Å². The Morgan fingerprint density at radius 3 is 2.56 bits per heavy atom. The number of aryl methyl sites for hydroxylation is 1. The molecule has 0 saturated carbocycles. The number of benzene rings is 1. The molecule has 1 atom stereocenters. The second-order valence-corrected chi connectivity index (χ2v) is 9.69. The summed E-state index contributed by atoms with van der Waals surface area (Å²) < 4.78 is 31.0. The Morgan fingerprint density at radius 1 is 1.30 bits per heavy atom. The summed E-state index contributed by atoms with van der Waals surface area (Å²) in [4.78, 5) is 14.8. The number of carbonyl (C=O) groups is 1. The summed E-state index contributed by atoms with van der Waals surface area (Å²) in [6, 6.07) is 6.48. The average molecular weight is 413 g/mol. The Hall–Kier alpha value is -1.94. The van der Waals surface area contributed by atoms with E-state index in [2.05, 4.69) is 18.3 Å². The Bertz CT molecular complexity index is 907. The smallest absolute Gasteiger partial charge is 0.279 e. The van der Waals surface area contributed by atoms with Crippen LogP contribution in [0.25, 0.3) is 0 Å². The molecule has 2 rings (SSSR count). The van der Waals surface area contributed by atoms with Gasteiger partial charge in [0.15, 0.2) is 6.54 Å². The van der Waals surface area contributed by atoms with E-state index >= 15 is 0 Å². The molecule has 0 radical (unpaired) electrons. The largest absolute Gasteiger partial charge is 0.495 e. The average Bonchev–Trinajstić information content (AvgIpc) is 2.99. The molecule has 27 heavy (non-hydrogen) atoms. The van der Waals surface area contributed by atoms with E-state index in [0.29, 0.717) is 11.4 Å². The second-order valence-electron chi connectivity index (χ2n) is 6.54. The molecule has 0 saturated heterocycles. The maximum atomic E-state index is 12.5. The first-order chi connectivity index (χ1) is 12.6. The zero-order valence-electron chi connectivity index (χ0n) is 16.2. The third-order valence-corrected chi connectivity index (χ3v) is 6.95. The van der Waals surface area contributed by atoms with Crippen molar-refractivity contribution in [3.8, 4) is 5.75 Å². The molecule has 1 amide bonds. The number of ether oxygens (including phenoxy) is 1. The van der Waals surface area contributed by atoms with E-state index in [9.17, 15) is 13.2 Å². The molecule has 0 aliphatic rings. The van der Waals surface area contributed by atoms with Crippen LogP contribution in [0.15, 0.2) is 34.5 Å². The Balaban J connectivity index is 2.13. The zero-order chi connectivity index (χ0) is 20.2. The van der Waals surface area contributed by atoms with E-state index in [1.807, 2.05) is 12.4 Å². The van der Waals surface area contributed by atoms with Gasteiger partial charge in [0.1, 0.15) is 12.3 Å². The van der Waals surface area contributed by atoms with E-state index in [1.165, 1.54) is 49.8 Å². The summed E-state index contributed by atoms with van der Waals surface area (Å²) in [5.41, 5.74) is 1.56. The van der Waals surface area contributed by atoms with Crippen LogP contribution in [0.1, 0.15) is 10.4 Å². The zero-order valence-corrected chi connectivity index (χ0v) is 17.8. The predicted molar refractivity (Wildman–Crippen MR) is 107 cm³/mol. The summed E-state index contributed by atoms with van der Waals surface area (Å²) in [7, 11) is 2.74. The van der Waals surface area contributed by atoms with Gasteiger partial charge in [-0.2, -0.15) is 0 Å². The summed E-state index contributed by atoms with van der Waals surface area (Å²) in [5.74, 6) is 0.201. The van der Waals surface area contributed by atoms with E-state index in [1.54, 1.807) is 11.3 Å². The number of hydrogen-bond acceptors (Lipinski definition) is 5. The standard InChI is InChI=1S/C18H25N3O4S2/c1-13-8-9-26-17(13)11-21(4)12-18(22)19-15-10-14(6-7-16(15)25-5)27(23,24)20(2)3/h6-10H,11-12H2,1-5H3,(H,19,22)/p+1. The highest BCUT2D eigenvalue weighted by Gasteiger charge is 2.20. The third kappa shape index (κ3) is 5.29. The maximum absolute atomic E-state index is 12.5. The van der Waals surface area contributed by atoms with Gasteiger partial charge in [-0.05, 0) is 42.1 Å². The molecule has 1 aromatic carbocycles. The first-order valence-corrected chi connectivity index (χ1v) is 10.7. The molecule has 1 unspecified atom stereocenters. The molecule has 1 heterocycles. The second kappa shape index (κ2) is 8.83. The fourth-order valence-corrected chi connectivity index (χ4v) is 4.49. The van der Waals surface area contributed by atoms with Crippen molar-refractivity contribution in [1.29, 1.82) is 0 Å². The topological polar surface area (TPSA) is 80.2 Å². The number of amides is 1. The number of anilines is 1. The molecular formula is C18H26N3O4S2+. The maximum Gasteiger partial charge on any atom is 0.279 e. The first kappa shape index (κ1) is 21.4. The van der Waals surface area contributed by atoms with Crippen LogP contribution in [0.3, 0.4) is 0 Å². The normalized spacial score (nSPS) is 12.8. The van der Waals surface area contributed by atoms with Crippen molar-refractivity contribution in [2.45, 2.75) is 18.4 Å².